The molecule has 0 radical (unpaired) electrons. The van der Waals surface area contributed by atoms with Gasteiger partial charge in [-0.1, -0.05) is 13.0 Å². The minimum absolute atomic E-state index is 0.0645. The summed E-state index contributed by atoms with van der Waals surface area (Å²) in [6, 6.07) is 9.86. The minimum Gasteiger partial charge on any atom is -0.461 e. The molecule has 8 heteroatoms. The summed E-state index contributed by atoms with van der Waals surface area (Å²) in [5, 5.41) is 0. The van der Waals surface area contributed by atoms with Crippen molar-refractivity contribution in [3.63, 3.8) is 0 Å². The largest absolute Gasteiger partial charge is 0.461 e. The lowest BCUT2D eigenvalue weighted by Gasteiger charge is -2.11. The molecule has 0 bridgehead atoms. The van der Waals surface area contributed by atoms with Gasteiger partial charge in [-0.05, 0) is 42.7 Å². The second-order valence-corrected chi connectivity index (χ2v) is 9.36. The van der Waals surface area contributed by atoms with E-state index in [0.29, 0.717) is 23.2 Å². The first-order chi connectivity index (χ1) is 13.3. The van der Waals surface area contributed by atoms with Gasteiger partial charge in [0.15, 0.2) is 5.70 Å². The molecule has 0 amide bonds. The van der Waals surface area contributed by atoms with E-state index in [1.54, 1.807) is 18.2 Å². The number of sulfonamides is 1. The van der Waals surface area contributed by atoms with Gasteiger partial charge in [0.1, 0.15) is 11.5 Å². The molecule has 1 saturated carbocycles. The Morgan fingerprint density at radius 2 is 1.96 bits per heavy atom. The molecule has 28 heavy (non-hydrogen) atoms. The molecule has 0 spiro atoms. The van der Waals surface area contributed by atoms with Crippen LogP contribution in [0.4, 0.5) is 0 Å². The summed E-state index contributed by atoms with van der Waals surface area (Å²) in [6.07, 6.45) is 2.65. The fourth-order valence-corrected chi connectivity index (χ4v) is 3.98. The topological polar surface area (TPSA) is 89.2 Å². The Labute approximate surface area is 163 Å². The lowest BCUT2D eigenvalue weighted by Crippen LogP contribution is -2.22. The lowest BCUT2D eigenvalue weighted by molar-refractivity contribution is -0.129. The molecule has 1 aliphatic carbocycles. The highest BCUT2D eigenvalue weighted by molar-refractivity contribution is 7.89. The van der Waals surface area contributed by atoms with Gasteiger partial charge < -0.3 is 9.15 Å². The molecule has 2 heterocycles. The van der Waals surface area contributed by atoms with Crippen LogP contribution < -0.4 is 0 Å². The Bertz CT molecular complexity index is 1110. The van der Waals surface area contributed by atoms with Crippen molar-refractivity contribution in [3.8, 4) is 0 Å². The van der Waals surface area contributed by atoms with Crippen molar-refractivity contribution in [1.29, 1.82) is 0 Å². The fourth-order valence-electron chi connectivity index (χ4n) is 3.03. The number of furan rings is 1. The molecule has 2 atom stereocenters. The van der Waals surface area contributed by atoms with Crippen LogP contribution in [0.5, 0.6) is 0 Å². The summed E-state index contributed by atoms with van der Waals surface area (Å²) in [4.78, 5) is 16.5. The summed E-state index contributed by atoms with van der Waals surface area (Å²) < 4.78 is 36.8. The average molecular weight is 400 g/mol. The molecule has 1 aromatic heterocycles. The maximum Gasteiger partial charge on any atom is 0.363 e. The third-order valence-electron chi connectivity index (χ3n) is 4.88. The molecule has 146 valence electrons. The van der Waals surface area contributed by atoms with Gasteiger partial charge in [0.25, 0.3) is 0 Å². The number of carbonyl (C=O) groups is 1. The first kappa shape index (κ1) is 18.6. The van der Waals surface area contributed by atoms with Crippen LogP contribution in [0, 0.1) is 5.92 Å². The molecule has 1 aliphatic heterocycles. The molecule has 4 rings (SSSR count). The number of cyclic esters (lactones) is 1. The Morgan fingerprint density at radius 3 is 2.64 bits per heavy atom. The van der Waals surface area contributed by atoms with Crippen LogP contribution in [0.3, 0.4) is 0 Å². The average Bonchev–Trinajstić information content (AvgIpc) is 3.04. The Hall–Kier alpha value is -2.71. The van der Waals surface area contributed by atoms with E-state index in [4.69, 9.17) is 9.15 Å². The number of carbonyl (C=O) groups excluding carboxylic acids is 1. The first-order valence-corrected chi connectivity index (χ1v) is 10.3. The van der Waals surface area contributed by atoms with Gasteiger partial charge in [-0.15, -0.1) is 0 Å². The van der Waals surface area contributed by atoms with Gasteiger partial charge in [-0.25, -0.2) is 22.5 Å². The molecule has 0 N–H and O–H groups in total. The zero-order chi connectivity index (χ0) is 20.1. The molecule has 0 saturated heterocycles. The lowest BCUT2D eigenvalue weighted by atomic mass is 10.2. The third kappa shape index (κ3) is 3.41. The first-order valence-electron chi connectivity index (χ1n) is 8.91. The summed E-state index contributed by atoms with van der Waals surface area (Å²) >= 11 is 0. The predicted octanol–water partition coefficient (Wildman–Crippen LogP) is 3.00. The maximum absolute atomic E-state index is 12.3. The van der Waals surface area contributed by atoms with E-state index >= 15 is 0 Å². The monoisotopic (exact) mass is 400 g/mol. The second-order valence-electron chi connectivity index (χ2n) is 7.21. The molecule has 1 fully saturated rings. The molecule has 2 aliphatic rings. The van der Waals surface area contributed by atoms with Crippen molar-refractivity contribution in [2.24, 2.45) is 10.9 Å². The van der Waals surface area contributed by atoms with Crippen LogP contribution in [-0.4, -0.2) is 38.7 Å². The Balaban J connectivity index is 1.62. The highest BCUT2D eigenvalue weighted by Crippen LogP contribution is 2.47. The van der Waals surface area contributed by atoms with Crippen LogP contribution in [0.25, 0.3) is 6.08 Å². The maximum atomic E-state index is 12.3. The van der Waals surface area contributed by atoms with Crippen molar-refractivity contribution in [3.05, 3.63) is 59.2 Å². The molecule has 7 nitrogen and oxygen atoms in total. The standard InChI is InChI=1S/C20H20N2O5S/c1-12-9-16(12)18-8-7-14(26-18)11-17-20(23)27-19(21-17)13-5-4-6-15(10-13)28(24,25)22(2)3/h4-8,10-12,16H,9H2,1-3H3/b17-11-/t12-,16-/m1/s1. The summed E-state index contributed by atoms with van der Waals surface area (Å²) in [5.41, 5.74) is 0.521. The Kier molecular flexibility index (Phi) is 4.47. The number of benzene rings is 1. The van der Waals surface area contributed by atoms with Gasteiger partial charge in [-0.3, -0.25) is 0 Å². The van der Waals surface area contributed by atoms with Crippen molar-refractivity contribution >= 4 is 28.0 Å². The quantitative estimate of drug-likeness (QED) is 0.569. The summed E-state index contributed by atoms with van der Waals surface area (Å²) in [6.45, 7) is 2.17. The van der Waals surface area contributed by atoms with E-state index in [-0.39, 0.29) is 16.5 Å². The Morgan fingerprint density at radius 1 is 1.21 bits per heavy atom. The zero-order valence-electron chi connectivity index (χ0n) is 15.7. The zero-order valence-corrected chi connectivity index (χ0v) is 16.6. The van der Waals surface area contributed by atoms with Crippen LogP contribution in [0.15, 0.2) is 56.4 Å². The van der Waals surface area contributed by atoms with Gasteiger partial charge in [0, 0.05) is 31.7 Å². The van der Waals surface area contributed by atoms with E-state index in [2.05, 4.69) is 11.9 Å². The fraction of sp³-hybridized carbons (Fsp3) is 0.300. The van der Waals surface area contributed by atoms with E-state index in [1.807, 2.05) is 6.07 Å². The van der Waals surface area contributed by atoms with Gasteiger partial charge in [0.2, 0.25) is 15.9 Å². The molecule has 2 aromatic rings. The van der Waals surface area contributed by atoms with Crippen molar-refractivity contribution in [1.82, 2.24) is 4.31 Å². The molecule has 0 unspecified atom stereocenters. The minimum atomic E-state index is -3.60. The third-order valence-corrected chi connectivity index (χ3v) is 6.69. The van der Waals surface area contributed by atoms with Crippen LogP contribution >= 0.6 is 0 Å². The number of nitrogens with zero attached hydrogens (tertiary/aromatic N) is 2. The van der Waals surface area contributed by atoms with Gasteiger partial charge in [-0.2, -0.15) is 0 Å². The van der Waals surface area contributed by atoms with Gasteiger partial charge in [0.05, 0.1) is 4.90 Å². The number of ether oxygens (including phenoxy) is 1. The molecule has 1 aromatic carbocycles. The highest BCUT2D eigenvalue weighted by Gasteiger charge is 2.36. The van der Waals surface area contributed by atoms with Crippen LogP contribution in [0.1, 0.15) is 36.3 Å². The van der Waals surface area contributed by atoms with Gasteiger partial charge >= 0.3 is 5.97 Å². The van der Waals surface area contributed by atoms with E-state index in [1.165, 1.54) is 32.3 Å². The second kappa shape index (κ2) is 6.72. The van der Waals surface area contributed by atoms with E-state index in [9.17, 15) is 13.2 Å². The van der Waals surface area contributed by atoms with E-state index < -0.39 is 16.0 Å². The summed E-state index contributed by atoms with van der Waals surface area (Å²) in [7, 11) is -0.692. The van der Waals surface area contributed by atoms with Crippen LogP contribution in [0.2, 0.25) is 0 Å². The number of hydrogen-bond donors (Lipinski definition) is 0. The molecular formula is C20H20N2O5S. The highest BCUT2D eigenvalue weighted by atomic mass is 32.2. The number of aliphatic imine (C=N–C) groups is 1. The number of hydrogen-bond acceptors (Lipinski definition) is 6. The normalized spacial score (nSPS) is 23.2. The van der Waals surface area contributed by atoms with Crippen molar-refractivity contribution in [2.45, 2.75) is 24.2 Å². The predicted molar refractivity (Wildman–Crippen MR) is 103 cm³/mol. The summed E-state index contributed by atoms with van der Waals surface area (Å²) in [5.74, 6) is 1.98. The van der Waals surface area contributed by atoms with E-state index in [0.717, 1.165) is 16.5 Å². The smallest absolute Gasteiger partial charge is 0.363 e. The van der Waals surface area contributed by atoms with Crippen molar-refractivity contribution in [2.75, 3.05) is 14.1 Å². The number of rotatable bonds is 5. The van der Waals surface area contributed by atoms with Crippen LogP contribution in [-0.2, 0) is 19.6 Å². The molecular weight excluding hydrogens is 380 g/mol. The number of esters is 1. The van der Waals surface area contributed by atoms with Crippen molar-refractivity contribution < 1.29 is 22.4 Å². The SMILES string of the molecule is C[C@@H]1C[C@H]1c1ccc(/C=C2\N=C(c3cccc(S(=O)(=O)N(C)C)c3)OC2=O)o1.